The Hall–Kier alpha value is -6.42. The summed E-state index contributed by atoms with van der Waals surface area (Å²) in [5.41, 5.74) is 7.54. The summed E-state index contributed by atoms with van der Waals surface area (Å²) < 4.78 is 9.06. The van der Waals surface area contributed by atoms with Gasteiger partial charge in [0.25, 0.3) is 0 Å². The van der Waals surface area contributed by atoms with Crippen molar-refractivity contribution in [1.82, 2.24) is 0 Å². The van der Waals surface area contributed by atoms with Crippen LogP contribution >= 0.6 is 11.3 Å². The second-order valence-electron chi connectivity index (χ2n) is 13.3. The number of nitrogens with zero attached hydrogens (tertiary/aromatic N) is 1. The normalized spacial score (nSPS) is 11.9. The SMILES string of the molecule is c1ccc2cc(N(c3ccc4ccccc4c3)c3cc4c5cc(-c6cccc7c6oc6ccccc67)ccc5sc4c4ccccc34)ccc2c1. The molecule has 0 saturated heterocycles. The quantitative estimate of drug-likeness (QED) is 0.186. The number of benzene rings is 9. The Balaban J connectivity index is 1.19. The van der Waals surface area contributed by atoms with Crippen LogP contribution in [0.2, 0.25) is 0 Å². The summed E-state index contributed by atoms with van der Waals surface area (Å²) in [7, 11) is 0. The molecule has 11 rings (SSSR count). The third kappa shape index (κ3) is 4.42. The van der Waals surface area contributed by atoms with Crippen LogP contribution in [-0.2, 0) is 0 Å². The van der Waals surface area contributed by atoms with Gasteiger partial charge in [0.15, 0.2) is 0 Å². The number of hydrogen-bond donors (Lipinski definition) is 0. The summed E-state index contributed by atoms with van der Waals surface area (Å²) in [6.07, 6.45) is 0. The first-order valence-electron chi connectivity index (χ1n) is 17.3. The van der Waals surface area contributed by atoms with E-state index in [4.69, 9.17) is 4.42 Å². The molecule has 11 aromatic rings. The lowest BCUT2D eigenvalue weighted by Crippen LogP contribution is -2.10. The van der Waals surface area contributed by atoms with Gasteiger partial charge in [-0.05, 0) is 75.6 Å². The van der Waals surface area contributed by atoms with E-state index >= 15 is 0 Å². The second kappa shape index (κ2) is 11.0. The zero-order valence-electron chi connectivity index (χ0n) is 27.5. The first kappa shape index (κ1) is 28.4. The molecule has 2 nitrogen and oxygen atoms in total. The van der Waals surface area contributed by atoms with E-state index in [-0.39, 0.29) is 0 Å². The van der Waals surface area contributed by atoms with Crippen molar-refractivity contribution in [3.63, 3.8) is 0 Å². The van der Waals surface area contributed by atoms with Crippen molar-refractivity contribution in [2.45, 2.75) is 0 Å². The van der Waals surface area contributed by atoms with E-state index in [1.807, 2.05) is 17.4 Å². The van der Waals surface area contributed by atoms with Crippen molar-refractivity contribution >= 4 is 103 Å². The number of para-hydroxylation sites is 2. The molecule has 0 atom stereocenters. The zero-order valence-corrected chi connectivity index (χ0v) is 28.3. The molecule has 3 heteroatoms. The van der Waals surface area contributed by atoms with Crippen molar-refractivity contribution in [2.75, 3.05) is 4.90 Å². The van der Waals surface area contributed by atoms with Crippen LogP contribution in [0.3, 0.4) is 0 Å². The number of anilines is 3. The fourth-order valence-electron chi connectivity index (χ4n) is 7.96. The highest BCUT2D eigenvalue weighted by atomic mass is 32.1. The minimum Gasteiger partial charge on any atom is -0.455 e. The molecule has 0 amide bonds. The minimum atomic E-state index is 0.917. The lowest BCUT2D eigenvalue weighted by atomic mass is 9.98. The van der Waals surface area contributed by atoms with E-state index in [0.717, 1.165) is 50.1 Å². The monoisotopic (exact) mass is 667 g/mol. The van der Waals surface area contributed by atoms with Gasteiger partial charge in [0, 0.05) is 58.7 Å². The Morgan fingerprint density at radius 3 is 1.78 bits per heavy atom. The highest BCUT2D eigenvalue weighted by molar-refractivity contribution is 7.26. The molecule has 238 valence electrons. The smallest absolute Gasteiger partial charge is 0.143 e. The predicted octanol–water partition coefficient (Wildman–Crippen LogP) is 14.6. The van der Waals surface area contributed by atoms with E-state index in [1.54, 1.807) is 0 Å². The molecule has 0 fully saturated rings. The maximum Gasteiger partial charge on any atom is 0.143 e. The van der Waals surface area contributed by atoms with Gasteiger partial charge in [0.2, 0.25) is 0 Å². The molecule has 0 aliphatic carbocycles. The molecular weight excluding hydrogens is 639 g/mol. The van der Waals surface area contributed by atoms with Crippen LogP contribution in [0.25, 0.3) is 85.6 Å². The van der Waals surface area contributed by atoms with Crippen LogP contribution < -0.4 is 4.90 Å². The van der Waals surface area contributed by atoms with Gasteiger partial charge in [-0.2, -0.15) is 0 Å². The zero-order chi connectivity index (χ0) is 33.5. The number of thiophene rings is 1. The number of furan rings is 1. The topological polar surface area (TPSA) is 16.4 Å². The minimum absolute atomic E-state index is 0.917. The first-order valence-corrected chi connectivity index (χ1v) is 18.1. The average molecular weight is 668 g/mol. The van der Waals surface area contributed by atoms with Gasteiger partial charge in [0.1, 0.15) is 11.2 Å². The lowest BCUT2D eigenvalue weighted by molar-refractivity contribution is 0.670. The summed E-state index contributed by atoms with van der Waals surface area (Å²) in [5, 5.41) is 12.2. The Labute approximate surface area is 298 Å². The van der Waals surface area contributed by atoms with Gasteiger partial charge >= 0.3 is 0 Å². The first-order chi connectivity index (χ1) is 25.3. The van der Waals surface area contributed by atoms with E-state index in [1.165, 1.54) is 52.5 Å². The Morgan fingerprint density at radius 1 is 0.412 bits per heavy atom. The molecule has 0 radical (unpaired) electrons. The molecule has 0 unspecified atom stereocenters. The molecule has 0 bridgehead atoms. The van der Waals surface area contributed by atoms with Gasteiger partial charge in [0.05, 0.1) is 5.69 Å². The maximum atomic E-state index is 6.48. The van der Waals surface area contributed by atoms with Crippen molar-refractivity contribution < 1.29 is 4.42 Å². The third-order valence-electron chi connectivity index (χ3n) is 10.4. The fraction of sp³-hybridized carbons (Fsp3) is 0. The van der Waals surface area contributed by atoms with Crippen LogP contribution in [0.1, 0.15) is 0 Å². The average Bonchev–Trinajstić information content (AvgIpc) is 3.76. The molecule has 51 heavy (non-hydrogen) atoms. The number of rotatable bonds is 4. The third-order valence-corrected chi connectivity index (χ3v) is 11.6. The summed E-state index contributed by atoms with van der Waals surface area (Å²) in [4.78, 5) is 2.45. The van der Waals surface area contributed by atoms with E-state index in [0.29, 0.717) is 0 Å². The van der Waals surface area contributed by atoms with Gasteiger partial charge < -0.3 is 9.32 Å². The molecule has 0 aliphatic rings. The maximum absolute atomic E-state index is 6.48. The molecular formula is C48H29NOS. The van der Waals surface area contributed by atoms with Crippen LogP contribution in [0.5, 0.6) is 0 Å². The van der Waals surface area contributed by atoms with Gasteiger partial charge in [-0.15, -0.1) is 11.3 Å². The second-order valence-corrected chi connectivity index (χ2v) is 14.4. The van der Waals surface area contributed by atoms with Gasteiger partial charge in [-0.25, -0.2) is 0 Å². The van der Waals surface area contributed by atoms with Crippen LogP contribution in [0, 0.1) is 0 Å². The van der Waals surface area contributed by atoms with Crippen LogP contribution in [0.4, 0.5) is 17.1 Å². The Kier molecular flexibility index (Phi) is 6.16. The molecule has 2 aromatic heterocycles. The van der Waals surface area contributed by atoms with Crippen molar-refractivity contribution in [3.8, 4) is 11.1 Å². The number of hydrogen-bond acceptors (Lipinski definition) is 3. The Bertz CT molecular complexity index is 3090. The lowest BCUT2D eigenvalue weighted by Gasteiger charge is -2.28. The highest BCUT2D eigenvalue weighted by Gasteiger charge is 2.21. The van der Waals surface area contributed by atoms with Crippen molar-refractivity contribution in [2.24, 2.45) is 0 Å². The van der Waals surface area contributed by atoms with Crippen molar-refractivity contribution in [3.05, 3.63) is 176 Å². The van der Waals surface area contributed by atoms with Crippen LogP contribution in [0.15, 0.2) is 180 Å². The van der Waals surface area contributed by atoms with Crippen LogP contribution in [-0.4, -0.2) is 0 Å². The summed E-state index contributed by atoms with van der Waals surface area (Å²) >= 11 is 1.88. The largest absolute Gasteiger partial charge is 0.455 e. The summed E-state index contributed by atoms with van der Waals surface area (Å²) in [6, 6.07) is 63.9. The van der Waals surface area contributed by atoms with E-state index < -0.39 is 0 Å². The molecule has 0 saturated carbocycles. The van der Waals surface area contributed by atoms with E-state index in [9.17, 15) is 0 Å². The predicted molar refractivity (Wildman–Crippen MR) is 219 cm³/mol. The van der Waals surface area contributed by atoms with Gasteiger partial charge in [-0.1, -0.05) is 127 Å². The molecule has 0 N–H and O–H groups in total. The molecule has 0 aliphatic heterocycles. The standard InChI is InChI=1S/C48H29NOS/c1-3-12-32-26-35(23-20-30(32)10-1)49(36-24-21-31-11-2-4-13-33(31)27-36)44-29-43-42-28-34(22-25-46(42)51-48(43)41-16-6-5-14-38(41)44)37-17-9-18-40-39-15-7-8-19-45(39)50-47(37)40/h1-29H. The summed E-state index contributed by atoms with van der Waals surface area (Å²) in [6.45, 7) is 0. The molecule has 9 aromatic carbocycles. The summed E-state index contributed by atoms with van der Waals surface area (Å²) in [5.74, 6) is 0. The Morgan fingerprint density at radius 2 is 1.04 bits per heavy atom. The fourth-order valence-corrected chi connectivity index (χ4v) is 9.17. The molecule has 0 spiro atoms. The molecule has 2 heterocycles. The number of fused-ring (bicyclic) bond motifs is 10. The van der Waals surface area contributed by atoms with E-state index in [2.05, 4.69) is 175 Å². The van der Waals surface area contributed by atoms with Crippen molar-refractivity contribution in [1.29, 1.82) is 0 Å². The highest BCUT2D eigenvalue weighted by Crippen LogP contribution is 2.48. The van der Waals surface area contributed by atoms with Gasteiger partial charge in [-0.3, -0.25) is 0 Å².